The van der Waals surface area contributed by atoms with E-state index in [0.717, 1.165) is 11.6 Å². The van der Waals surface area contributed by atoms with Gasteiger partial charge >= 0.3 is 0 Å². The highest BCUT2D eigenvalue weighted by molar-refractivity contribution is 7.14. The lowest BCUT2D eigenvalue weighted by molar-refractivity contribution is 0.0985. The van der Waals surface area contributed by atoms with E-state index in [-0.39, 0.29) is 12.1 Å². The quantitative estimate of drug-likeness (QED) is 0.608. The summed E-state index contributed by atoms with van der Waals surface area (Å²) in [5, 5.41) is 2.21. The van der Waals surface area contributed by atoms with E-state index in [1.807, 2.05) is 35.7 Å². The molecule has 0 aliphatic heterocycles. The molecule has 1 amide bonds. The van der Waals surface area contributed by atoms with Crippen molar-refractivity contribution in [2.45, 2.75) is 0 Å². The molecule has 3 rings (SSSR count). The molecule has 1 heterocycles. The molecule has 1 aromatic heterocycles. The molecule has 0 atom stereocenters. The fourth-order valence-corrected chi connectivity index (χ4v) is 3.16. The molecular formula is C19H14F2N2OS. The fourth-order valence-electron chi connectivity index (χ4n) is 2.32. The molecule has 2 aromatic carbocycles. The molecule has 0 spiro atoms. The topological polar surface area (TPSA) is 33.2 Å². The normalized spacial score (nSPS) is 10.5. The van der Waals surface area contributed by atoms with Crippen molar-refractivity contribution in [3.05, 3.63) is 83.8 Å². The Morgan fingerprint density at radius 2 is 1.92 bits per heavy atom. The Labute approximate surface area is 147 Å². The molecule has 0 saturated heterocycles. The first-order valence-electron chi connectivity index (χ1n) is 7.49. The van der Waals surface area contributed by atoms with Crippen LogP contribution in [-0.2, 0) is 0 Å². The molecule has 3 aromatic rings. The van der Waals surface area contributed by atoms with Crippen molar-refractivity contribution >= 4 is 22.4 Å². The number of carbonyl (C=O) groups is 1. The minimum Gasteiger partial charge on any atom is -0.280 e. The summed E-state index contributed by atoms with van der Waals surface area (Å²) in [6.07, 6.45) is 1.51. The molecule has 0 saturated carbocycles. The van der Waals surface area contributed by atoms with Crippen molar-refractivity contribution < 1.29 is 13.6 Å². The lowest BCUT2D eigenvalue weighted by Crippen LogP contribution is -2.31. The molecule has 126 valence electrons. The zero-order valence-electron chi connectivity index (χ0n) is 13.2. The van der Waals surface area contributed by atoms with Crippen molar-refractivity contribution in [2.75, 3.05) is 11.4 Å². The van der Waals surface area contributed by atoms with Crippen LogP contribution in [0.4, 0.5) is 13.9 Å². The molecule has 3 nitrogen and oxygen atoms in total. The summed E-state index contributed by atoms with van der Waals surface area (Å²) < 4.78 is 27.4. The molecule has 0 aliphatic carbocycles. The van der Waals surface area contributed by atoms with Crippen LogP contribution in [0, 0.1) is 11.6 Å². The summed E-state index contributed by atoms with van der Waals surface area (Å²) in [7, 11) is 0. The van der Waals surface area contributed by atoms with Crippen molar-refractivity contribution in [2.24, 2.45) is 0 Å². The summed E-state index contributed by atoms with van der Waals surface area (Å²) >= 11 is 1.26. The zero-order valence-corrected chi connectivity index (χ0v) is 14.0. The van der Waals surface area contributed by atoms with E-state index in [4.69, 9.17) is 0 Å². The molecule has 0 N–H and O–H groups in total. The number of hydrogen-bond acceptors (Lipinski definition) is 3. The van der Waals surface area contributed by atoms with Gasteiger partial charge in [0.05, 0.1) is 11.3 Å². The van der Waals surface area contributed by atoms with Gasteiger partial charge in [-0.3, -0.25) is 9.69 Å². The first-order valence-corrected chi connectivity index (χ1v) is 8.37. The van der Waals surface area contributed by atoms with Crippen LogP contribution in [0.25, 0.3) is 11.3 Å². The second kappa shape index (κ2) is 7.36. The van der Waals surface area contributed by atoms with Crippen LogP contribution in [0.5, 0.6) is 0 Å². The Balaban J connectivity index is 1.96. The highest BCUT2D eigenvalue weighted by atomic mass is 32.1. The number of halogens is 2. The summed E-state index contributed by atoms with van der Waals surface area (Å²) in [5.41, 5.74) is 1.29. The van der Waals surface area contributed by atoms with Crippen LogP contribution in [0.2, 0.25) is 0 Å². The maximum atomic E-state index is 14.0. The van der Waals surface area contributed by atoms with E-state index in [0.29, 0.717) is 10.8 Å². The van der Waals surface area contributed by atoms with E-state index in [1.165, 1.54) is 34.4 Å². The first kappa shape index (κ1) is 17.0. The van der Waals surface area contributed by atoms with Gasteiger partial charge in [-0.15, -0.1) is 17.9 Å². The third kappa shape index (κ3) is 3.49. The lowest BCUT2D eigenvalue weighted by atomic mass is 10.2. The largest absolute Gasteiger partial charge is 0.280 e. The highest BCUT2D eigenvalue weighted by Gasteiger charge is 2.24. The number of nitrogens with zero attached hydrogens (tertiary/aromatic N) is 2. The number of rotatable bonds is 5. The maximum absolute atomic E-state index is 14.0. The smallest absolute Gasteiger partial charge is 0.263 e. The molecule has 0 aliphatic rings. The zero-order chi connectivity index (χ0) is 17.8. The van der Waals surface area contributed by atoms with Crippen molar-refractivity contribution in [3.8, 4) is 11.3 Å². The molecule has 0 bridgehead atoms. The lowest BCUT2D eigenvalue weighted by Gasteiger charge is -2.18. The van der Waals surface area contributed by atoms with Gasteiger partial charge in [0.25, 0.3) is 5.91 Å². The first-order chi connectivity index (χ1) is 12.1. The summed E-state index contributed by atoms with van der Waals surface area (Å²) in [5.74, 6) is -2.89. The van der Waals surface area contributed by atoms with Gasteiger partial charge in [-0.25, -0.2) is 13.8 Å². The number of amides is 1. The third-order valence-electron chi connectivity index (χ3n) is 3.53. The molecule has 0 fully saturated rings. The molecule has 25 heavy (non-hydrogen) atoms. The minimum atomic E-state index is -1.17. The SMILES string of the molecule is C=CCN(C(=O)c1cccc(F)c1F)c1nc(-c2ccccc2)cs1. The minimum absolute atomic E-state index is 0.135. The number of carbonyl (C=O) groups excluding carboxylic acids is 1. The molecule has 0 radical (unpaired) electrons. The number of anilines is 1. The van der Waals surface area contributed by atoms with Crippen LogP contribution < -0.4 is 4.90 Å². The van der Waals surface area contributed by atoms with Crippen molar-refractivity contribution in [1.29, 1.82) is 0 Å². The maximum Gasteiger partial charge on any atom is 0.263 e. The van der Waals surface area contributed by atoms with Crippen molar-refractivity contribution in [1.82, 2.24) is 4.98 Å². The number of aromatic nitrogens is 1. The van der Waals surface area contributed by atoms with Gasteiger partial charge in [-0.2, -0.15) is 0 Å². The molecule has 6 heteroatoms. The van der Waals surface area contributed by atoms with E-state index >= 15 is 0 Å². The second-order valence-corrected chi connectivity index (χ2v) is 6.02. The van der Waals surface area contributed by atoms with Gasteiger partial charge in [0.2, 0.25) is 0 Å². The van der Waals surface area contributed by atoms with Gasteiger partial charge in [-0.1, -0.05) is 42.5 Å². The number of benzene rings is 2. The Bertz CT molecular complexity index is 909. The van der Waals surface area contributed by atoms with Crippen molar-refractivity contribution in [3.63, 3.8) is 0 Å². The Morgan fingerprint density at radius 3 is 2.64 bits per heavy atom. The Morgan fingerprint density at radius 1 is 1.16 bits per heavy atom. The van der Waals surface area contributed by atoms with Gasteiger partial charge in [0.15, 0.2) is 16.8 Å². The van der Waals surface area contributed by atoms with Crippen LogP contribution in [0.3, 0.4) is 0 Å². The van der Waals surface area contributed by atoms with Gasteiger partial charge in [0.1, 0.15) is 0 Å². The fraction of sp³-hybridized carbons (Fsp3) is 0.0526. The summed E-state index contributed by atoms with van der Waals surface area (Å²) in [6, 6.07) is 13.0. The molecule has 0 unspecified atom stereocenters. The number of hydrogen-bond donors (Lipinski definition) is 0. The predicted molar refractivity (Wildman–Crippen MR) is 95.8 cm³/mol. The monoisotopic (exact) mass is 356 g/mol. The summed E-state index contributed by atoms with van der Waals surface area (Å²) in [4.78, 5) is 18.4. The van der Waals surface area contributed by atoms with Crippen LogP contribution >= 0.6 is 11.3 Å². The average molecular weight is 356 g/mol. The second-order valence-electron chi connectivity index (χ2n) is 5.19. The van der Waals surface area contributed by atoms with E-state index in [1.54, 1.807) is 0 Å². The Hall–Kier alpha value is -2.86. The van der Waals surface area contributed by atoms with E-state index in [2.05, 4.69) is 11.6 Å². The third-order valence-corrected chi connectivity index (χ3v) is 4.39. The van der Waals surface area contributed by atoms with Crippen LogP contribution in [-0.4, -0.2) is 17.4 Å². The average Bonchev–Trinajstić information content (AvgIpc) is 3.12. The van der Waals surface area contributed by atoms with Crippen LogP contribution in [0.15, 0.2) is 66.6 Å². The van der Waals surface area contributed by atoms with Crippen LogP contribution in [0.1, 0.15) is 10.4 Å². The standard InChI is InChI=1S/C19H14F2N2OS/c1-2-11-23(18(24)14-9-6-10-15(20)17(14)21)19-22-16(12-25-19)13-7-4-3-5-8-13/h2-10,12H,1,11H2. The van der Waals surface area contributed by atoms with Gasteiger partial charge < -0.3 is 0 Å². The molecular weight excluding hydrogens is 342 g/mol. The summed E-state index contributed by atoms with van der Waals surface area (Å²) in [6.45, 7) is 3.76. The van der Waals surface area contributed by atoms with Gasteiger partial charge in [-0.05, 0) is 12.1 Å². The number of thiazole rings is 1. The van der Waals surface area contributed by atoms with E-state index < -0.39 is 17.5 Å². The highest BCUT2D eigenvalue weighted by Crippen LogP contribution is 2.28. The predicted octanol–water partition coefficient (Wildman–Crippen LogP) is 4.92. The van der Waals surface area contributed by atoms with E-state index in [9.17, 15) is 13.6 Å². The van der Waals surface area contributed by atoms with Gasteiger partial charge in [0, 0.05) is 17.5 Å². The Kier molecular flexibility index (Phi) is 5.00.